The van der Waals surface area contributed by atoms with E-state index < -0.39 is 17.2 Å². The van der Waals surface area contributed by atoms with Crippen LogP contribution < -0.4 is 0 Å². The molecule has 1 heterocycles. The number of hydrogen-bond acceptors (Lipinski definition) is 4. The van der Waals surface area contributed by atoms with E-state index in [4.69, 9.17) is 11.6 Å². The van der Waals surface area contributed by atoms with E-state index in [2.05, 4.69) is 0 Å². The van der Waals surface area contributed by atoms with Gasteiger partial charge in [0, 0.05) is 18.1 Å². The first-order valence-electron chi connectivity index (χ1n) is 6.34. The first-order chi connectivity index (χ1) is 9.46. The van der Waals surface area contributed by atoms with Crippen LogP contribution in [0.4, 0.5) is 4.39 Å². The smallest absolute Gasteiger partial charge is 0.197 e. The molecule has 0 radical (unpaired) electrons. The van der Waals surface area contributed by atoms with Gasteiger partial charge in [0.05, 0.1) is 12.1 Å². The Morgan fingerprint density at radius 3 is 2.65 bits per heavy atom. The Morgan fingerprint density at radius 2 is 2.10 bits per heavy atom. The van der Waals surface area contributed by atoms with Gasteiger partial charge in [0.15, 0.2) is 5.78 Å². The molecule has 1 fully saturated rings. The number of ketones is 1. The number of halogens is 2. The molecule has 0 aliphatic carbocycles. The molecule has 0 unspecified atom stereocenters. The molecule has 20 heavy (non-hydrogen) atoms. The third-order valence-corrected chi connectivity index (χ3v) is 3.85. The fourth-order valence-corrected chi connectivity index (χ4v) is 2.52. The second-order valence-corrected chi connectivity index (χ2v) is 5.39. The number of carbonyl (C=O) groups is 2. The first-order valence-corrected chi connectivity index (χ1v) is 6.72. The molecule has 1 aliphatic rings. The van der Waals surface area contributed by atoms with Crippen LogP contribution in [0.1, 0.15) is 23.2 Å². The lowest BCUT2D eigenvalue weighted by molar-refractivity contribution is -0.109. The number of Topliss-reactive ketones (excluding diaryl/α,β-unsaturated/α-hetero) is 1. The van der Waals surface area contributed by atoms with E-state index in [1.807, 2.05) is 4.90 Å². The fraction of sp³-hybridized carbons (Fsp3) is 0.429. The number of carbonyl (C=O) groups excluding carboxylic acids is 2. The van der Waals surface area contributed by atoms with E-state index in [9.17, 15) is 19.1 Å². The maximum absolute atomic E-state index is 13.8. The molecule has 2 rings (SSSR count). The van der Waals surface area contributed by atoms with Gasteiger partial charge in [-0.2, -0.15) is 0 Å². The summed E-state index contributed by atoms with van der Waals surface area (Å²) in [4.78, 5) is 24.6. The highest BCUT2D eigenvalue weighted by molar-refractivity contribution is 6.30. The summed E-state index contributed by atoms with van der Waals surface area (Å²) >= 11 is 5.64. The number of likely N-dealkylation sites (tertiary alicyclic amines) is 1. The molecule has 1 aromatic rings. The van der Waals surface area contributed by atoms with Crippen LogP contribution in [0.3, 0.4) is 0 Å². The summed E-state index contributed by atoms with van der Waals surface area (Å²) < 4.78 is 13.8. The molecule has 1 N–H and O–H groups in total. The molecule has 108 valence electrons. The predicted octanol–water partition coefficient (Wildman–Crippen LogP) is 1.69. The normalized spacial score (nSPS) is 18.8. The van der Waals surface area contributed by atoms with Crippen molar-refractivity contribution in [2.45, 2.75) is 18.4 Å². The van der Waals surface area contributed by atoms with Crippen molar-refractivity contribution in [3.63, 3.8) is 0 Å². The summed E-state index contributed by atoms with van der Waals surface area (Å²) in [5, 5.41) is 10.6. The van der Waals surface area contributed by atoms with Crippen LogP contribution in [0.25, 0.3) is 0 Å². The van der Waals surface area contributed by atoms with Gasteiger partial charge in [0.1, 0.15) is 17.7 Å². The van der Waals surface area contributed by atoms with Gasteiger partial charge in [0.2, 0.25) is 0 Å². The number of benzene rings is 1. The van der Waals surface area contributed by atoms with Gasteiger partial charge in [-0.25, -0.2) is 4.39 Å². The van der Waals surface area contributed by atoms with Crippen LogP contribution in [0.5, 0.6) is 0 Å². The van der Waals surface area contributed by atoms with Crippen molar-refractivity contribution >= 4 is 23.7 Å². The van der Waals surface area contributed by atoms with E-state index in [0.29, 0.717) is 13.1 Å². The third kappa shape index (κ3) is 3.06. The quantitative estimate of drug-likeness (QED) is 0.679. The topological polar surface area (TPSA) is 57.6 Å². The van der Waals surface area contributed by atoms with Gasteiger partial charge >= 0.3 is 0 Å². The number of aldehydes is 1. The second kappa shape index (κ2) is 5.99. The van der Waals surface area contributed by atoms with Crippen LogP contribution in [0, 0.1) is 5.82 Å². The summed E-state index contributed by atoms with van der Waals surface area (Å²) in [7, 11) is 0. The number of hydrogen-bond donors (Lipinski definition) is 1. The maximum atomic E-state index is 13.8. The van der Waals surface area contributed by atoms with Gasteiger partial charge < -0.3 is 9.90 Å². The summed E-state index contributed by atoms with van der Waals surface area (Å²) in [5.41, 5.74) is -1.73. The average molecular weight is 300 g/mol. The molecule has 1 aromatic carbocycles. The van der Waals surface area contributed by atoms with Crippen molar-refractivity contribution in [3.05, 3.63) is 34.6 Å². The minimum Gasteiger partial charge on any atom is -0.382 e. The van der Waals surface area contributed by atoms with Gasteiger partial charge in [0.25, 0.3) is 0 Å². The van der Waals surface area contributed by atoms with Crippen molar-refractivity contribution in [3.8, 4) is 0 Å². The van der Waals surface area contributed by atoms with Crippen molar-refractivity contribution in [1.82, 2.24) is 4.90 Å². The lowest BCUT2D eigenvalue weighted by Crippen LogP contribution is -2.49. The summed E-state index contributed by atoms with van der Waals surface area (Å²) in [6, 6.07) is 3.76. The molecule has 1 saturated heterocycles. The fourth-order valence-electron chi connectivity index (χ4n) is 2.36. The summed E-state index contributed by atoms with van der Waals surface area (Å²) in [6.45, 7) is 1.13. The molecule has 6 heteroatoms. The van der Waals surface area contributed by atoms with Crippen molar-refractivity contribution in [1.29, 1.82) is 0 Å². The Kier molecular flexibility index (Phi) is 4.52. The Hall–Kier alpha value is -1.30. The SMILES string of the molecule is O=CCN1CCC(O)(C(=O)c2ccc(Cl)cc2F)CC1. The molecular weight excluding hydrogens is 285 g/mol. The van der Waals surface area contributed by atoms with Crippen molar-refractivity contribution < 1.29 is 19.1 Å². The third-order valence-electron chi connectivity index (χ3n) is 3.61. The van der Waals surface area contributed by atoms with Gasteiger partial charge in [-0.05, 0) is 31.0 Å². The molecule has 4 nitrogen and oxygen atoms in total. The highest BCUT2D eigenvalue weighted by atomic mass is 35.5. The molecule has 1 aliphatic heterocycles. The number of piperidine rings is 1. The minimum atomic E-state index is -1.58. The molecular formula is C14H15ClFNO3. The van der Waals surface area contributed by atoms with Crippen molar-refractivity contribution in [2.24, 2.45) is 0 Å². The molecule has 0 saturated carbocycles. The highest BCUT2D eigenvalue weighted by Crippen LogP contribution is 2.28. The van der Waals surface area contributed by atoms with Crippen LogP contribution in [0.2, 0.25) is 5.02 Å². The number of rotatable bonds is 4. The van der Waals surface area contributed by atoms with Crippen LogP contribution in [0.15, 0.2) is 18.2 Å². The van der Waals surface area contributed by atoms with Gasteiger partial charge in [-0.15, -0.1) is 0 Å². The van der Waals surface area contributed by atoms with E-state index in [1.165, 1.54) is 12.1 Å². The highest BCUT2D eigenvalue weighted by Gasteiger charge is 2.40. The maximum Gasteiger partial charge on any atom is 0.197 e. The zero-order valence-corrected chi connectivity index (χ0v) is 11.6. The summed E-state index contributed by atoms with van der Waals surface area (Å²) in [5.74, 6) is -1.36. The Bertz CT molecular complexity index is 527. The van der Waals surface area contributed by atoms with E-state index >= 15 is 0 Å². The first kappa shape index (κ1) is 15.1. The Balaban J connectivity index is 2.14. The van der Waals surface area contributed by atoms with Crippen LogP contribution in [-0.2, 0) is 4.79 Å². The average Bonchev–Trinajstić information content (AvgIpc) is 2.41. The monoisotopic (exact) mass is 299 g/mol. The predicted molar refractivity (Wildman–Crippen MR) is 72.4 cm³/mol. The summed E-state index contributed by atoms with van der Waals surface area (Å²) in [6.07, 6.45) is 1.15. The Labute approximate surface area is 121 Å². The molecule has 0 atom stereocenters. The molecule has 0 bridgehead atoms. The minimum absolute atomic E-state index is 0.152. The largest absolute Gasteiger partial charge is 0.382 e. The van der Waals surface area contributed by atoms with Crippen LogP contribution >= 0.6 is 11.6 Å². The van der Waals surface area contributed by atoms with E-state index in [1.54, 1.807) is 0 Å². The molecule has 0 amide bonds. The number of aliphatic hydroxyl groups is 1. The lowest BCUT2D eigenvalue weighted by atomic mass is 9.84. The standard InChI is InChI=1S/C14H15ClFNO3/c15-10-1-2-11(12(16)9-10)13(19)14(20)3-5-17(6-4-14)7-8-18/h1-2,8-9,20H,3-7H2. The molecule has 0 aromatic heterocycles. The van der Waals surface area contributed by atoms with E-state index in [0.717, 1.165) is 12.4 Å². The second-order valence-electron chi connectivity index (χ2n) is 4.95. The zero-order valence-electron chi connectivity index (χ0n) is 10.8. The van der Waals surface area contributed by atoms with E-state index in [-0.39, 0.29) is 30.0 Å². The molecule has 0 spiro atoms. The van der Waals surface area contributed by atoms with Crippen molar-refractivity contribution in [2.75, 3.05) is 19.6 Å². The lowest BCUT2D eigenvalue weighted by Gasteiger charge is -2.36. The Morgan fingerprint density at radius 1 is 1.45 bits per heavy atom. The van der Waals surface area contributed by atoms with Gasteiger partial charge in [-0.3, -0.25) is 9.69 Å². The number of nitrogens with zero attached hydrogens (tertiary/aromatic N) is 1. The zero-order chi connectivity index (χ0) is 14.8. The van der Waals surface area contributed by atoms with Crippen LogP contribution in [-0.4, -0.2) is 47.3 Å². The van der Waals surface area contributed by atoms with Gasteiger partial charge in [-0.1, -0.05) is 11.6 Å².